The number of hydrogen-bond donors (Lipinski definition) is 1. The highest BCUT2D eigenvalue weighted by Gasteiger charge is 2.52. The van der Waals surface area contributed by atoms with Crippen LogP contribution in [-0.2, 0) is 42.9 Å². The van der Waals surface area contributed by atoms with Crippen molar-refractivity contribution in [1.29, 1.82) is 0 Å². The van der Waals surface area contributed by atoms with Crippen LogP contribution in [0.1, 0.15) is 38.1 Å². The van der Waals surface area contributed by atoms with Crippen molar-refractivity contribution in [3.05, 3.63) is 78.5 Å². The lowest BCUT2D eigenvalue weighted by molar-refractivity contribution is -0.237. The number of rotatable bonds is 9. The molecular formula is C34H32N2O10S. The number of carbonyl (C=O) groups excluding carboxylic acids is 5. The highest BCUT2D eigenvalue weighted by atomic mass is 32.2. The predicted molar refractivity (Wildman–Crippen MR) is 171 cm³/mol. The molecule has 0 aliphatic carbocycles. The number of anilines is 1. The Bertz CT molecular complexity index is 1840. The SMILES string of the molecule is CC(=O)OC[C@H]1O[C@@H](Sc2cc3ccccc3cc2C(=O)Nc2cccc3cccnc23)[C@H](OC(C)=O)[C@@H](OC(C)=O)[C@@H]1OC(C)=O. The Hall–Kier alpha value is -5.01. The van der Waals surface area contributed by atoms with Crippen LogP contribution in [0.15, 0.2) is 77.8 Å². The number of thioether (sulfide) groups is 1. The lowest BCUT2D eigenvalue weighted by Crippen LogP contribution is -2.61. The first-order chi connectivity index (χ1) is 22.5. The molecule has 1 aliphatic rings. The molecule has 5 atom stereocenters. The Morgan fingerprint density at radius 3 is 2.04 bits per heavy atom. The topological polar surface area (TPSA) is 156 Å². The van der Waals surface area contributed by atoms with Crippen molar-refractivity contribution in [3.8, 4) is 0 Å². The van der Waals surface area contributed by atoms with Crippen LogP contribution in [0.2, 0.25) is 0 Å². The van der Waals surface area contributed by atoms with E-state index in [2.05, 4.69) is 10.3 Å². The second-order valence-corrected chi connectivity index (χ2v) is 11.9. The van der Waals surface area contributed by atoms with Crippen LogP contribution in [-0.4, -0.2) is 71.2 Å². The molecule has 5 rings (SSSR count). The van der Waals surface area contributed by atoms with Crippen LogP contribution in [0.25, 0.3) is 21.7 Å². The maximum absolute atomic E-state index is 14.0. The van der Waals surface area contributed by atoms with E-state index in [0.29, 0.717) is 16.1 Å². The third kappa shape index (κ3) is 8.05. The monoisotopic (exact) mass is 660 g/mol. The lowest BCUT2D eigenvalue weighted by Gasteiger charge is -2.44. The number of ether oxygens (including phenoxy) is 5. The van der Waals surface area contributed by atoms with Crippen LogP contribution in [0.3, 0.4) is 0 Å². The summed E-state index contributed by atoms with van der Waals surface area (Å²) in [7, 11) is 0. The maximum atomic E-state index is 14.0. The zero-order chi connectivity index (χ0) is 33.7. The molecule has 0 unspecified atom stereocenters. The van der Waals surface area contributed by atoms with Gasteiger partial charge in [0.1, 0.15) is 18.1 Å². The largest absolute Gasteiger partial charge is 0.463 e. The fourth-order valence-electron chi connectivity index (χ4n) is 5.30. The van der Waals surface area contributed by atoms with Crippen molar-refractivity contribution in [1.82, 2.24) is 4.98 Å². The number of fused-ring (bicyclic) bond motifs is 2. The molecule has 0 radical (unpaired) electrons. The molecule has 4 aromatic rings. The van der Waals surface area contributed by atoms with E-state index in [-0.39, 0.29) is 12.2 Å². The number of nitrogens with one attached hydrogen (secondary N) is 1. The van der Waals surface area contributed by atoms with Gasteiger partial charge >= 0.3 is 23.9 Å². The zero-order valence-corrected chi connectivity index (χ0v) is 26.8. The van der Waals surface area contributed by atoms with Crippen LogP contribution in [0.4, 0.5) is 5.69 Å². The maximum Gasteiger partial charge on any atom is 0.303 e. The molecule has 13 heteroatoms. The number of esters is 4. The van der Waals surface area contributed by atoms with E-state index in [1.165, 1.54) is 13.8 Å². The first kappa shape index (κ1) is 33.4. The summed E-state index contributed by atoms with van der Waals surface area (Å²) in [6, 6.07) is 20.1. The van der Waals surface area contributed by atoms with Crippen molar-refractivity contribution in [2.75, 3.05) is 11.9 Å². The van der Waals surface area contributed by atoms with Gasteiger partial charge in [-0.2, -0.15) is 0 Å². The second-order valence-electron chi connectivity index (χ2n) is 10.7. The number of nitrogens with zero attached hydrogens (tertiary/aromatic N) is 1. The van der Waals surface area contributed by atoms with Gasteiger partial charge in [-0.1, -0.05) is 54.2 Å². The summed E-state index contributed by atoms with van der Waals surface area (Å²) in [5, 5.41) is 5.41. The van der Waals surface area contributed by atoms with Gasteiger partial charge in [-0.05, 0) is 35.0 Å². The van der Waals surface area contributed by atoms with Crippen LogP contribution >= 0.6 is 11.8 Å². The summed E-state index contributed by atoms with van der Waals surface area (Å²) >= 11 is 1.04. The predicted octanol–water partition coefficient (Wildman–Crippen LogP) is 4.82. The number of carbonyl (C=O) groups is 5. The quantitative estimate of drug-likeness (QED) is 0.193. The van der Waals surface area contributed by atoms with E-state index >= 15 is 0 Å². The number of aromatic nitrogens is 1. The van der Waals surface area contributed by atoms with Crippen molar-refractivity contribution in [3.63, 3.8) is 0 Å². The minimum atomic E-state index is -1.34. The summed E-state index contributed by atoms with van der Waals surface area (Å²) in [4.78, 5) is 67.3. The van der Waals surface area contributed by atoms with Gasteiger partial charge in [-0.15, -0.1) is 0 Å². The molecule has 1 N–H and O–H groups in total. The van der Waals surface area contributed by atoms with E-state index in [1.807, 2.05) is 42.5 Å². The lowest BCUT2D eigenvalue weighted by atomic mass is 9.99. The summed E-state index contributed by atoms with van der Waals surface area (Å²) in [5.74, 6) is -3.26. The van der Waals surface area contributed by atoms with Gasteiger partial charge in [-0.3, -0.25) is 29.0 Å². The fraction of sp³-hybridized carbons (Fsp3) is 0.294. The number of pyridine rings is 1. The van der Waals surface area contributed by atoms with Crippen molar-refractivity contribution in [2.24, 2.45) is 0 Å². The average Bonchev–Trinajstić information content (AvgIpc) is 3.02. The Morgan fingerprint density at radius 1 is 0.745 bits per heavy atom. The Kier molecular flexibility index (Phi) is 10.4. The summed E-state index contributed by atoms with van der Waals surface area (Å²) in [6.45, 7) is 4.31. The van der Waals surface area contributed by atoms with Gasteiger partial charge in [0.25, 0.3) is 5.91 Å². The average molecular weight is 661 g/mol. The first-order valence-corrected chi connectivity index (χ1v) is 15.5. The van der Waals surface area contributed by atoms with Gasteiger partial charge in [-0.25, -0.2) is 0 Å². The molecule has 12 nitrogen and oxygen atoms in total. The molecule has 1 fully saturated rings. The Balaban J connectivity index is 1.58. The van der Waals surface area contributed by atoms with E-state index in [1.54, 1.807) is 30.5 Å². The minimum Gasteiger partial charge on any atom is -0.463 e. The molecule has 0 bridgehead atoms. The van der Waals surface area contributed by atoms with Gasteiger partial charge in [0.2, 0.25) is 0 Å². The van der Waals surface area contributed by atoms with Crippen molar-refractivity contribution in [2.45, 2.75) is 62.4 Å². The summed E-state index contributed by atoms with van der Waals surface area (Å²) in [5.41, 5.74) is 0.263. The molecule has 1 aliphatic heterocycles. The standard InChI is InChI=1S/C34H32N2O10S/c1-18(37)42-17-27-30(43-19(2)38)31(44-20(3)39)32(45-21(4)40)34(46-27)47-28-16-24-10-6-5-9-23(24)15-25(28)33(41)36-26-13-7-11-22-12-8-14-35-29(22)26/h5-16,27,30-32,34H,17H2,1-4H3,(H,36,41)/t27-,30-,31+,32-,34+/m1/s1. The van der Waals surface area contributed by atoms with E-state index < -0.39 is 59.6 Å². The van der Waals surface area contributed by atoms with E-state index in [4.69, 9.17) is 23.7 Å². The molecule has 1 amide bonds. The normalized spacial score (nSPS) is 20.6. The second kappa shape index (κ2) is 14.6. The molecule has 1 saturated heterocycles. The molecular weight excluding hydrogens is 628 g/mol. The molecule has 0 spiro atoms. The fourth-order valence-corrected chi connectivity index (χ4v) is 6.56. The van der Waals surface area contributed by atoms with Crippen LogP contribution in [0.5, 0.6) is 0 Å². The highest BCUT2D eigenvalue weighted by molar-refractivity contribution is 8.00. The molecule has 2 heterocycles. The smallest absolute Gasteiger partial charge is 0.303 e. The van der Waals surface area contributed by atoms with Crippen LogP contribution < -0.4 is 5.32 Å². The molecule has 3 aromatic carbocycles. The van der Waals surface area contributed by atoms with E-state index in [9.17, 15) is 24.0 Å². The molecule has 0 saturated carbocycles. The minimum absolute atomic E-state index is 0.273. The van der Waals surface area contributed by atoms with Crippen LogP contribution in [0, 0.1) is 0 Å². The summed E-state index contributed by atoms with van der Waals surface area (Å²) < 4.78 is 28.2. The van der Waals surface area contributed by atoms with Crippen molar-refractivity contribution < 1.29 is 47.7 Å². The molecule has 1 aromatic heterocycles. The number of amides is 1. The number of hydrogen-bond acceptors (Lipinski definition) is 12. The van der Waals surface area contributed by atoms with Gasteiger partial charge in [0, 0.05) is 44.2 Å². The third-order valence-corrected chi connectivity index (χ3v) is 8.37. The Morgan fingerprint density at radius 2 is 1.36 bits per heavy atom. The molecule has 244 valence electrons. The van der Waals surface area contributed by atoms with Gasteiger partial charge in [0.15, 0.2) is 18.3 Å². The molecule has 47 heavy (non-hydrogen) atoms. The number of benzene rings is 3. The highest BCUT2D eigenvalue weighted by Crippen LogP contribution is 2.40. The first-order valence-electron chi connectivity index (χ1n) is 14.6. The van der Waals surface area contributed by atoms with Gasteiger partial charge in [0.05, 0.1) is 16.8 Å². The zero-order valence-electron chi connectivity index (χ0n) is 26.0. The summed E-state index contributed by atoms with van der Waals surface area (Å²) in [6.07, 6.45) is -3.43. The third-order valence-electron chi connectivity index (χ3n) is 7.16. The van der Waals surface area contributed by atoms with Gasteiger partial charge < -0.3 is 29.0 Å². The van der Waals surface area contributed by atoms with Crippen molar-refractivity contribution >= 4 is 68.9 Å². The van der Waals surface area contributed by atoms with E-state index in [0.717, 1.165) is 41.8 Å². The number of para-hydroxylation sites is 1. The Labute approximate surface area is 274 Å².